The van der Waals surface area contributed by atoms with E-state index in [2.05, 4.69) is 10.2 Å². The van der Waals surface area contributed by atoms with Crippen molar-refractivity contribution in [3.63, 3.8) is 0 Å². The SMILES string of the molecule is CN(C)C(C(=O)NC1CCN(Cc2cccc(O)c2)CC1)c1cccc(F)c1. The Hall–Kier alpha value is -2.44. The number of piperidine rings is 1. The van der Waals surface area contributed by atoms with Crippen molar-refractivity contribution < 1.29 is 14.3 Å². The first-order valence-corrected chi connectivity index (χ1v) is 9.65. The first-order chi connectivity index (χ1) is 13.4. The van der Waals surface area contributed by atoms with Crippen molar-refractivity contribution in [1.82, 2.24) is 15.1 Å². The molecule has 0 aliphatic carbocycles. The maximum Gasteiger partial charge on any atom is 0.242 e. The van der Waals surface area contributed by atoms with E-state index in [1.54, 1.807) is 29.2 Å². The van der Waals surface area contributed by atoms with E-state index in [4.69, 9.17) is 0 Å². The Morgan fingerprint density at radius 3 is 2.57 bits per heavy atom. The Kier molecular flexibility index (Phi) is 6.65. The van der Waals surface area contributed by atoms with Gasteiger partial charge in [0.1, 0.15) is 17.6 Å². The quantitative estimate of drug-likeness (QED) is 0.803. The molecule has 3 rings (SSSR count). The lowest BCUT2D eigenvalue weighted by atomic mass is 10.0. The highest BCUT2D eigenvalue weighted by molar-refractivity contribution is 5.83. The third kappa shape index (κ3) is 5.30. The predicted octanol–water partition coefficient (Wildman–Crippen LogP) is 2.91. The van der Waals surface area contributed by atoms with E-state index < -0.39 is 6.04 Å². The molecule has 1 saturated heterocycles. The maximum atomic E-state index is 13.6. The van der Waals surface area contributed by atoms with Gasteiger partial charge >= 0.3 is 0 Å². The lowest BCUT2D eigenvalue weighted by Gasteiger charge is -2.34. The monoisotopic (exact) mass is 385 g/mol. The third-order valence-corrected chi connectivity index (χ3v) is 5.18. The number of hydrogen-bond acceptors (Lipinski definition) is 4. The lowest BCUT2D eigenvalue weighted by Crippen LogP contribution is -2.47. The number of aromatic hydroxyl groups is 1. The van der Waals surface area contributed by atoms with Crippen molar-refractivity contribution in [2.45, 2.75) is 31.5 Å². The molecule has 1 heterocycles. The molecule has 0 spiro atoms. The molecule has 1 unspecified atom stereocenters. The van der Waals surface area contributed by atoms with Gasteiger partial charge in [0.2, 0.25) is 5.91 Å². The summed E-state index contributed by atoms with van der Waals surface area (Å²) in [6.45, 7) is 2.55. The number of nitrogens with zero attached hydrogens (tertiary/aromatic N) is 2. The van der Waals surface area contributed by atoms with Gasteiger partial charge in [0.15, 0.2) is 0 Å². The average molecular weight is 385 g/mol. The maximum absolute atomic E-state index is 13.6. The minimum Gasteiger partial charge on any atom is -0.508 e. The number of nitrogens with one attached hydrogen (secondary N) is 1. The molecule has 1 atom stereocenters. The first kappa shape index (κ1) is 20.3. The van der Waals surface area contributed by atoms with E-state index in [0.717, 1.165) is 38.0 Å². The molecule has 5 nitrogen and oxygen atoms in total. The summed E-state index contributed by atoms with van der Waals surface area (Å²) in [5.41, 5.74) is 1.74. The molecule has 150 valence electrons. The van der Waals surface area contributed by atoms with Crippen molar-refractivity contribution in [2.24, 2.45) is 0 Å². The second-order valence-electron chi connectivity index (χ2n) is 7.65. The number of phenolic OH excluding ortho intramolecular Hbond substituents is 1. The van der Waals surface area contributed by atoms with E-state index >= 15 is 0 Å². The van der Waals surface area contributed by atoms with Gasteiger partial charge in [-0.3, -0.25) is 14.6 Å². The standard InChI is InChI=1S/C22H28FN3O2/c1-25(2)21(17-6-4-7-18(23)14-17)22(28)24-19-9-11-26(12-10-19)15-16-5-3-8-20(27)13-16/h3-8,13-14,19,21,27H,9-12,15H2,1-2H3,(H,24,28). The van der Waals surface area contributed by atoms with Crippen molar-refractivity contribution in [3.8, 4) is 5.75 Å². The van der Waals surface area contributed by atoms with Crippen molar-refractivity contribution >= 4 is 5.91 Å². The number of benzene rings is 2. The van der Waals surface area contributed by atoms with Crippen molar-refractivity contribution in [2.75, 3.05) is 27.2 Å². The summed E-state index contributed by atoms with van der Waals surface area (Å²) in [4.78, 5) is 17.0. The molecular formula is C22H28FN3O2. The van der Waals surface area contributed by atoms with Gasteiger partial charge in [-0.15, -0.1) is 0 Å². The fourth-order valence-electron chi connectivity index (χ4n) is 3.79. The number of likely N-dealkylation sites (N-methyl/N-ethyl adjacent to an activating group) is 1. The van der Waals surface area contributed by atoms with Gasteiger partial charge in [0.05, 0.1) is 0 Å². The van der Waals surface area contributed by atoms with Crippen LogP contribution in [0.1, 0.15) is 30.0 Å². The number of rotatable bonds is 6. The molecule has 0 saturated carbocycles. The molecular weight excluding hydrogens is 357 g/mol. The lowest BCUT2D eigenvalue weighted by molar-refractivity contribution is -0.126. The molecule has 2 N–H and O–H groups in total. The van der Waals surface area contributed by atoms with Gasteiger partial charge < -0.3 is 10.4 Å². The number of hydrogen-bond donors (Lipinski definition) is 2. The Morgan fingerprint density at radius 2 is 1.93 bits per heavy atom. The summed E-state index contributed by atoms with van der Waals surface area (Å²) in [6, 6.07) is 13.1. The van der Waals surface area contributed by atoms with Gasteiger partial charge in [-0.1, -0.05) is 24.3 Å². The molecule has 0 aromatic heterocycles. The number of carbonyl (C=O) groups excluding carboxylic acids is 1. The van der Waals surface area contributed by atoms with E-state index in [0.29, 0.717) is 5.56 Å². The zero-order valence-corrected chi connectivity index (χ0v) is 16.4. The zero-order valence-electron chi connectivity index (χ0n) is 16.4. The summed E-state index contributed by atoms with van der Waals surface area (Å²) >= 11 is 0. The second-order valence-corrected chi connectivity index (χ2v) is 7.65. The fraction of sp³-hybridized carbons (Fsp3) is 0.409. The molecule has 2 aromatic rings. The summed E-state index contributed by atoms with van der Waals surface area (Å²) in [5.74, 6) is -0.147. The Balaban J connectivity index is 1.55. The molecule has 2 aromatic carbocycles. The average Bonchev–Trinajstić information content (AvgIpc) is 2.63. The van der Waals surface area contributed by atoms with Crippen LogP contribution in [0, 0.1) is 5.82 Å². The number of likely N-dealkylation sites (tertiary alicyclic amines) is 1. The zero-order chi connectivity index (χ0) is 20.1. The minimum absolute atomic E-state index is 0.0953. The fourth-order valence-corrected chi connectivity index (χ4v) is 3.79. The van der Waals surface area contributed by atoms with Crippen molar-refractivity contribution in [3.05, 3.63) is 65.5 Å². The molecule has 0 bridgehead atoms. The van der Waals surface area contributed by atoms with Crippen LogP contribution in [0.3, 0.4) is 0 Å². The molecule has 1 aliphatic rings. The van der Waals surface area contributed by atoms with Gasteiger partial charge in [0.25, 0.3) is 0 Å². The van der Waals surface area contributed by atoms with Crippen LogP contribution < -0.4 is 5.32 Å². The minimum atomic E-state index is -0.513. The highest BCUT2D eigenvalue weighted by Crippen LogP contribution is 2.21. The molecule has 28 heavy (non-hydrogen) atoms. The molecule has 1 aliphatic heterocycles. The first-order valence-electron chi connectivity index (χ1n) is 9.65. The largest absolute Gasteiger partial charge is 0.508 e. The van der Waals surface area contributed by atoms with Crippen LogP contribution in [0.2, 0.25) is 0 Å². The van der Waals surface area contributed by atoms with Crippen LogP contribution >= 0.6 is 0 Å². The predicted molar refractivity (Wildman–Crippen MR) is 107 cm³/mol. The summed E-state index contributed by atoms with van der Waals surface area (Å²) in [5, 5.41) is 12.7. The normalized spacial score (nSPS) is 16.9. The number of halogens is 1. The number of phenols is 1. The highest BCUT2D eigenvalue weighted by Gasteiger charge is 2.27. The van der Waals surface area contributed by atoms with Crippen molar-refractivity contribution in [1.29, 1.82) is 0 Å². The van der Waals surface area contributed by atoms with Crippen LogP contribution in [0.4, 0.5) is 4.39 Å². The smallest absolute Gasteiger partial charge is 0.242 e. The number of carbonyl (C=O) groups is 1. The second kappa shape index (κ2) is 9.17. The molecule has 1 amide bonds. The Bertz CT molecular complexity index is 804. The van der Waals surface area contributed by atoms with E-state index in [1.807, 2.05) is 26.2 Å². The summed E-state index contributed by atoms with van der Waals surface area (Å²) in [6.07, 6.45) is 1.74. The molecule has 1 fully saturated rings. The van der Waals surface area contributed by atoms with E-state index in [9.17, 15) is 14.3 Å². The van der Waals surface area contributed by atoms with Gasteiger partial charge in [0, 0.05) is 25.7 Å². The number of amides is 1. The van der Waals surface area contributed by atoms with Crippen LogP contribution in [0.25, 0.3) is 0 Å². The van der Waals surface area contributed by atoms with Gasteiger partial charge in [-0.25, -0.2) is 4.39 Å². The van der Waals surface area contributed by atoms with E-state index in [1.165, 1.54) is 12.1 Å². The topological polar surface area (TPSA) is 55.8 Å². The van der Waals surface area contributed by atoms with Crippen LogP contribution in [-0.2, 0) is 11.3 Å². The van der Waals surface area contributed by atoms with Crippen LogP contribution in [-0.4, -0.2) is 54.0 Å². The Labute approximate surface area is 165 Å². The van der Waals surface area contributed by atoms with E-state index in [-0.39, 0.29) is 23.5 Å². The Morgan fingerprint density at radius 1 is 1.21 bits per heavy atom. The van der Waals surface area contributed by atoms with Crippen LogP contribution in [0.15, 0.2) is 48.5 Å². The highest BCUT2D eigenvalue weighted by atomic mass is 19.1. The third-order valence-electron chi connectivity index (χ3n) is 5.18. The summed E-state index contributed by atoms with van der Waals surface area (Å²) < 4.78 is 13.6. The van der Waals surface area contributed by atoms with Gasteiger partial charge in [-0.05, 0) is 62.3 Å². The molecule has 0 radical (unpaired) electrons. The van der Waals surface area contributed by atoms with Gasteiger partial charge in [-0.2, -0.15) is 0 Å². The summed E-state index contributed by atoms with van der Waals surface area (Å²) in [7, 11) is 3.65. The molecule has 6 heteroatoms. The van der Waals surface area contributed by atoms with Crippen LogP contribution in [0.5, 0.6) is 5.75 Å².